The molecule has 580 valence electrons. The number of esters is 4. The molecule has 19 heteroatoms. The highest BCUT2D eigenvalue weighted by atomic mass is 31.2. The van der Waals surface area contributed by atoms with Gasteiger partial charge >= 0.3 is 39.5 Å². The monoisotopic (exact) mass is 1470 g/mol. The van der Waals surface area contributed by atoms with E-state index in [2.05, 4.69) is 186 Å². The third kappa shape index (κ3) is 73.0. The van der Waals surface area contributed by atoms with Gasteiger partial charge in [-0.25, -0.2) is 9.13 Å². The third-order valence-electron chi connectivity index (χ3n) is 15.5. The van der Waals surface area contributed by atoms with E-state index in [-0.39, 0.29) is 25.7 Å². The first-order chi connectivity index (χ1) is 49.7. The molecule has 0 aliphatic rings. The van der Waals surface area contributed by atoms with Gasteiger partial charge in [0.25, 0.3) is 0 Å². The molecule has 0 aliphatic carbocycles. The fourth-order valence-electron chi connectivity index (χ4n) is 9.66. The maximum Gasteiger partial charge on any atom is 0.472 e. The van der Waals surface area contributed by atoms with Crippen LogP contribution in [0.15, 0.2) is 158 Å². The molecule has 0 aliphatic heterocycles. The first-order valence-electron chi connectivity index (χ1n) is 38.7. The summed E-state index contributed by atoms with van der Waals surface area (Å²) in [4.78, 5) is 72.9. The van der Waals surface area contributed by atoms with Crippen molar-refractivity contribution in [3.8, 4) is 0 Å². The summed E-state index contributed by atoms with van der Waals surface area (Å²) in [6, 6.07) is 0. The summed E-state index contributed by atoms with van der Waals surface area (Å²) in [6.45, 7) is 4.38. The number of aliphatic hydroxyl groups is 1. The van der Waals surface area contributed by atoms with E-state index in [0.29, 0.717) is 32.1 Å². The zero-order chi connectivity index (χ0) is 74.6. The molecule has 102 heavy (non-hydrogen) atoms. The number of unbranched alkanes of at least 4 members (excludes halogenated alkanes) is 19. The summed E-state index contributed by atoms with van der Waals surface area (Å²) >= 11 is 0. The zero-order valence-corrected chi connectivity index (χ0v) is 65.0. The van der Waals surface area contributed by atoms with Crippen LogP contribution in [-0.2, 0) is 65.4 Å². The average Bonchev–Trinajstić information content (AvgIpc) is 0.923. The molecular weight excluding hydrogens is 1330 g/mol. The van der Waals surface area contributed by atoms with Crippen LogP contribution in [0.3, 0.4) is 0 Å². The van der Waals surface area contributed by atoms with Crippen LogP contribution in [-0.4, -0.2) is 96.7 Å². The molecule has 0 bridgehead atoms. The van der Waals surface area contributed by atoms with Gasteiger partial charge in [-0.1, -0.05) is 250 Å². The van der Waals surface area contributed by atoms with Crippen molar-refractivity contribution in [3.05, 3.63) is 158 Å². The molecule has 5 atom stereocenters. The van der Waals surface area contributed by atoms with Crippen molar-refractivity contribution in [1.29, 1.82) is 0 Å². The number of ether oxygens (including phenoxy) is 4. The van der Waals surface area contributed by atoms with Crippen molar-refractivity contribution in [2.24, 2.45) is 0 Å². The highest BCUT2D eigenvalue weighted by Gasteiger charge is 2.30. The molecule has 0 aromatic carbocycles. The minimum atomic E-state index is -5.00. The Hall–Kier alpha value is -5.32. The van der Waals surface area contributed by atoms with Crippen LogP contribution in [0, 0.1) is 0 Å². The summed E-state index contributed by atoms with van der Waals surface area (Å²) in [5.74, 6) is -2.32. The minimum absolute atomic E-state index is 0.0306. The van der Waals surface area contributed by atoms with Crippen LogP contribution in [0.4, 0.5) is 0 Å². The second-order valence-electron chi connectivity index (χ2n) is 25.1. The third-order valence-corrected chi connectivity index (χ3v) is 17.4. The Bertz CT molecular complexity index is 2550. The Balaban J connectivity index is 5.47. The standard InChI is InChI=1S/C83H136O17P2/c1-5-9-13-17-21-25-29-33-37-38-42-44-48-52-56-60-64-68-81(86)94-74-79(100-83(88)70-66-62-58-54-50-46-41-36-32-28-24-20-16-12-8-4)76-98-102(91,92)96-72-77(84)71-95-101(89,90)97-75-78(99-82(87)69-65-61-57-53-49-45-40-35-31-27-23-19-15-11-7-3)73-93-80(85)67-63-59-55-51-47-43-39-34-30-26-22-18-14-10-6-2/h9-10,12-14,16,21-22,24-26,28,33-37,39-42,44,47,50-51,54,77-79,84H,5-8,11,15,17-20,23,27,29-32,38,43,45-46,48-49,52-53,55-76H2,1-4H3,(H,89,90)(H,91,92)/b13-9-,14-10-,16-12-,25-21-,26-22-,28-24-,37-33-,39-34-,40-35-,41-36-,44-42-,51-47-,54-50-. The molecule has 5 unspecified atom stereocenters. The molecule has 3 N–H and O–H groups in total. The van der Waals surface area contributed by atoms with Gasteiger partial charge in [0.2, 0.25) is 0 Å². The minimum Gasteiger partial charge on any atom is -0.462 e. The van der Waals surface area contributed by atoms with E-state index in [9.17, 15) is 43.2 Å². The SMILES string of the molecule is CC/C=C\C/C=C\C/C=C\C/C=C\CCCCCCC(=O)OCC(COP(=O)(O)OCC(O)COP(=O)(O)OCC(COC(=O)CCCC/C=C\C/C=C\C/C=C\C/C=C\CC)OC(=O)CCCCCCC/C=C\CCCCCCCC)OC(=O)CCCC/C=C\C/C=C\C/C=C\C/C=C\CC. The average molecular weight is 1470 g/mol. The normalized spacial score (nSPS) is 14.8. The van der Waals surface area contributed by atoms with Crippen LogP contribution in [0.1, 0.15) is 285 Å². The molecule has 0 aromatic rings. The topological polar surface area (TPSA) is 237 Å². The number of phosphoric ester groups is 2. The summed E-state index contributed by atoms with van der Waals surface area (Å²) in [7, 11) is -10.00. The molecule has 0 amide bonds. The molecule has 17 nitrogen and oxygen atoms in total. The highest BCUT2D eigenvalue weighted by molar-refractivity contribution is 7.47. The molecule has 0 heterocycles. The molecule has 0 spiro atoms. The summed E-state index contributed by atoms with van der Waals surface area (Å²) < 4.78 is 68.4. The molecule has 0 fully saturated rings. The molecule has 0 radical (unpaired) electrons. The predicted molar refractivity (Wildman–Crippen MR) is 417 cm³/mol. The van der Waals surface area contributed by atoms with Gasteiger partial charge in [0.15, 0.2) is 12.2 Å². The van der Waals surface area contributed by atoms with E-state index in [4.69, 9.17) is 37.0 Å². The Labute approximate surface area is 617 Å². The number of hydrogen-bond donors (Lipinski definition) is 3. The van der Waals surface area contributed by atoms with Crippen molar-refractivity contribution in [2.75, 3.05) is 39.6 Å². The first-order valence-corrected chi connectivity index (χ1v) is 41.7. The zero-order valence-electron chi connectivity index (χ0n) is 63.2. The van der Waals surface area contributed by atoms with Crippen LogP contribution >= 0.6 is 15.6 Å². The first kappa shape index (κ1) is 96.7. The van der Waals surface area contributed by atoms with Gasteiger partial charge in [-0.15, -0.1) is 0 Å². The molecule has 0 saturated heterocycles. The van der Waals surface area contributed by atoms with Crippen molar-refractivity contribution >= 4 is 39.5 Å². The van der Waals surface area contributed by atoms with Crippen molar-refractivity contribution in [3.63, 3.8) is 0 Å². The second kappa shape index (κ2) is 74.0. The van der Waals surface area contributed by atoms with Crippen LogP contribution in [0.2, 0.25) is 0 Å². The van der Waals surface area contributed by atoms with Gasteiger partial charge in [-0.2, -0.15) is 0 Å². The van der Waals surface area contributed by atoms with Crippen molar-refractivity contribution in [1.82, 2.24) is 0 Å². The van der Waals surface area contributed by atoms with E-state index < -0.39 is 97.5 Å². The van der Waals surface area contributed by atoms with E-state index in [0.717, 1.165) is 161 Å². The number of carbonyl (C=O) groups excluding carboxylic acids is 4. The fourth-order valence-corrected chi connectivity index (χ4v) is 11.2. The maximum absolute atomic E-state index is 13.1. The fraction of sp³-hybridized carbons (Fsp3) is 0.639. The summed E-state index contributed by atoms with van der Waals surface area (Å²) in [6.07, 6.45) is 85.2. The number of hydrogen-bond acceptors (Lipinski definition) is 15. The molecule has 0 saturated carbocycles. The lowest BCUT2D eigenvalue weighted by Crippen LogP contribution is -2.30. The number of rotatable bonds is 71. The van der Waals surface area contributed by atoms with Gasteiger partial charge in [-0.05, 0) is 167 Å². The van der Waals surface area contributed by atoms with Gasteiger partial charge in [-0.3, -0.25) is 37.3 Å². The van der Waals surface area contributed by atoms with E-state index >= 15 is 0 Å². The number of allylic oxidation sites excluding steroid dienone is 26. The number of aliphatic hydroxyl groups excluding tert-OH is 1. The lowest BCUT2D eigenvalue weighted by molar-refractivity contribution is -0.161. The summed E-state index contributed by atoms with van der Waals surface area (Å²) in [5, 5.41) is 10.6. The van der Waals surface area contributed by atoms with Crippen LogP contribution in [0.5, 0.6) is 0 Å². The Kier molecular flexibility index (Phi) is 70.1. The van der Waals surface area contributed by atoms with Gasteiger partial charge in [0.1, 0.15) is 19.3 Å². The van der Waals surface area contributed by atoms with Gasteiger partial charge < -0.3 is 33.8 Å². The van der Waals surface area contributed by atoms with E-state index in [1.807, 2.05) is 0 Å². The van der Waals surface area contributed by atoms with Crippen LogP contribution in [0.25, 0.3) is 0 Å². The predicted octanol–water partition coefficient (Wildman–Crippen LogP) is 22.4. The Morgan fingerprint density at radius 3 is 0.814 bits per heavy atom. The largest absolute Gasteiger partial charge is 0.472 e. The second-order valence-corrected chi connectivity index (χ2v) is 28.1. The smallest absolute Gasteiger partial charge is 0.462 e. The quantitative estimate of drug-likeness (QED) is 0.0169. The van der Waals surface area contributed by atoms with Crippen molar-refractivity contribution in [2.45, 2.75) is 303 Å². The molecule has 0 rings (SSSR count). The number of carbonyl (C=O) groups is 4. The van der Waals surface area contributed by atoms with E-state index in [1.165, 1.54) is 38.5 Å². The van der Waals surface area contributed by atoms with Gasteiger partial charge in [0.05, 0.1) is 26.4 Å². The number of phosphoric acid groups is 2. The maximum atomic E-state index is 13.1. The molecule has 0 aromatic heterocycles. The highest BCUT2D eigenvalue weighted by Crippen LogP contribution is 2.45. The van der Waals surface area contributed by atoms with E-state index in [1.54, 1.807) is 0 Å². The Morgan fingerprint density at radius 1 is 0.284 bits per heavy atom. The lowest BCUT2D eigenvalue weighted by atomic mass is 10.1. The Morgan fingerprint density at radius 2 is 0.510 bits per heavy atom. The van der Waals surface area contributed by atoms with Crippen molar-refractivity contribution < 1.29 is 80.2 Å². The van der Waals surface area contributed by atoms with Gasteiger partial charge in [0, 0.05) is 25.7 Å². The van der Waals surface area contributed by atoms with Crippen LogP contribution < -0.4 is 0 Å². The molecular formula is C83H136O17P2. The lowest BCUT2D eigenvalue weighted by Gasteiger charge is -2.21. The summed E-state index contributed by atoms with van der Waals surface area (Å²) in [5.41, 5.74) is 0.